The lowest BCUT2D eigenvalue weighted by Crippen LogP contribution is -2.64. The Kier molecular flexibility index (Phi) is 15.8. The Morgan fingerprint density at radius 2 is 1.70 bits per heavy atom. The molecule has 0 spiro atoms. The van der Waals surface area contributed by atoms with Gasteiger partial charge in [-0.1, -0.05) is 54.4 Å². The standard InChI is InChI=1S/C47H66N8O9/c1-29-14-16-35(17-15-29)49-46(62)50-37(22-34-12-10-11-30(2)21-34)41(57)51-40-33(5)64-28-47(27-56)24-31(3)25-55(47)43(59)32(4)48-42(58)38-13-8-9-18-53(38)44(60)39-23-36(26-54(39)45(40)61)63-20-19-52(6)7/h10-12,14-17,21,27,31-33,36-40H,8-9,13,18-20,22-26,28H2,1-7H3,(H,48,58)(H,51,57)(H2,49,50,62)/t31-,32+,33+,36-,37+,38+,39+,40+,47?/m1/s1. The van der Waals surface area contributed by atoms with Crippen LogP contribution in [0.4, 0.5) is 10.5 Å². The average Bonchev–Trinajstić information content (AvgIpc) is 3.84. The Labute approximate surface area is 376 Å². The summed E-state index contributed by atoms with van der Waals surface area (Å²) in [7, 11) is 3.82. The molecule has 4 fully saturated rings. The Morgan fingerprint density at radius 1 is 0.953 bits per heavy atom. The van der Waals surface area contributed by atoms with Gasteiger partial charge >= 0.3 is 6.03 Å². The first kappa shape index (κ1) is 48.1. The van der Waals surface area contributed by atoms with Crippen molar-refractivity contribution in [2.75, 3.05) is 58.8 Å². The molecule has 1 unspecified atom stereocenters. The number of piperidine rings is 1. The summed E-state index contributed by atoms with van der Waals surface area (Å²) in [5.41, 5.74) is 1.79. The second-order valence-electron chi connectivity index (χ2n) is 18.5. The Hall–Kier alpha value is -5.39. The van der Waals surface area contributed by atoms with Crippen LogP contribution in [0.25, 0.3) is 0 Å². The number of carbonyl (C=O) groups excluding carboxylic acids is 7. The lowest BCUT2D eigenvalue weighted by Gasteiger charge is -2.41. The zero-order valence-electron chi connectivity index (χ0n) is 38.3. The highest BCUT2D eigenvalue weighted by Gasteiger charge is 2.51. The van der Waals surface area contributed by atoms with E-state index in [0.717, 1.165) is 16.7 Å². The number of urea groups is 1. The van der Waals surface area contributed by atoms with E-state index >= 15 is 4.79 Å². The molecule has 17 heteroatoms. The molecule has 6 rings (SSSR count). The van der Waals surface area contributed by atoms with Crippen LogP contribution >= 0.6 is 0 Å². The van der Waals surface area contributed by atoms with Gasteiger partial charge in [0.25, 0.3) is 0 Å². The maximum atomic E-state index is 15.3. The minimum absolute atomic E-state index is 0.0193. The molecular formula is C47H66N8O9. The molecule has 4 N–H and O–H groups in total. The Morgan fingerprint density at radius 3 is 2.41 bits per heavy atom. The van der Waals surface area contributed by atoms with E-state index in [-0.39, 0.29) is 51.4 Å². The van der Waals surface area contributed by atoms with Gasteiger partial charge in [0, 0.05) is 44.7 Å². The molecule has 0 saturated carbocycles. The van der Waals surface area contributed by atoms with Crippen LogP contribution in [0.5, 0.6) is 0 Å². The van der Waals surface area contributed by atoms with E-state index in [0.29, 0.717) is 44.4 Å². The van der Waals surface area contributed by atoms with Gasteiger partial charge in [0.2, 0.25) is 29.5 Å². The van der Waals surface area contributed by atoms with Crippen molar-refractivity contribution >= 4 is 47.5 Å². The molecule has 2 aromatic carbocycles. The van der Waals surface area contributed by atoms with Crippen LogP contribution in [-0.4, -0.2) is 163 Å². The van der Waals surface area contributed by atoms with Gasteiger partial charge in [0.15, 0.2) is 0 Å². The molecular weight excluding hydrogens is 821 g/mol. The van der Waals surface area contributed by atoms with E-state index in [2.05, 4.69) is 21.3 Å². The first-order chi connectivity index (χ1) is 30.5. The number of likely N-dealkylation sites (N-methyl/N-ethyl adjacent to an activating group) is 1. The molecule has 4 aliphatic rings. The molecule has 0 aliphatic carbocycles. The number of amides is 7. The highest BCUT2D eigenvalue weighted by molar-refractivity contribution is 5.98. The molecule has 0 radical (unpaired) electrons. The number of rotatable bonds is 11. The summed E-state index contributed by atoms with van der Waals surface area (Å²) >= 11 is 0. The number of nitrogens with zero attached hydrogens (tertiary/aromatic N) is 4. The topological polar surface area (TPSA) is 199 Å². The number of carbonyl (C=O) groups is 7. The van der Waals surface area contributed by atoms with Crippen molar-refractivity contribution in [3.63, 3.8) is 0 Å². The van der Waals surface area contributed by atoms with Crippen molar-refractivity contribution in [1.29, 1.82) is 0 Å². The molecule has 4 heterocycles. The maximum Gasteiger partial charge on any atom is 0.319 e. The number of ether oxygens (including phenoxy) is 2. The van der Waals surface area contributed by atoms with Gasteiger partial charge < -0.3 is 55.1 Å². The molecule has 0 aromatic heterocycles. The molecule has 64 heavy (non-hydrogen) atoms. The molecule has 2 aromatic rings. The minimum atomic E-state index is -1.44. The third-order valence-corrected chi connectivity index (χ3v) is 12.8. The van der Waals surface area contributed by atoms with Gasteiger partial charge in [-0.15, -0.1) is 0 Å². The fraction of sp³-hybridized carbons (Fsp3) is 0.596. The lowest BCUT2D eigenvalue weighted by molar-refractivity contribution is -0.155. The largest absolute Gasteiger partial charge is 0.375 e. The Bertz CT molecular complexity index is 2030. The number of aryl methyl sites for hydroxylation is 2. The second kappa shape index (κ2) is 21.1. The van der Waals surface area contributed by atoms with Gasteiger partial charge in [0.1, 0.15) is 42.0 Å². The van der Waals surface area contributed by atoms with Crippen molar-refractivity contribution in [3.05, 3.63) is 65.2 Å². The predicted molar refractivity (Wildman–Crippen MR) is 239 cm³/mol. The molecule has 17 nitrogen and oxygen atoms in total. The summed E-state index contributed by atoms with van der Waals surface area (Å²) in [6.07, 6.45) is 1.18. The van der Waals surface area contributed by atoms with Gasteiger partial charge in [-0.2, -0.15) is 0 Å². The average molecular weight is 887 g/mol. The summed E-state index contributed by atoms with van der Waals surface area (Å²) in [6, 6.07) is 8.46. The van der Waals surface area contributed by atoms with E-state index in [1.807, 2.05) is 76.2 Å². The highest BCUT2D eigenvalue weighted by Crippen LogP contribution is 2.34. The molecule has 348 valence electrons. The molecule has 4 aliphatic heterocycles. The van der Waals surface area contributed by atoms with Crippen molar-refractivity contribution in [3.8, 4) is 0 Å². The van der Waals surface area contributed by atoms with E-state index in [4.69, 9.17) is 9.47 Å². The molecule has 9 atom stereocenters. The number of benzene rings is 2. The smallest absolute Gasteiger partial charge is 0.319 e. The monoisotopic (exact) mass is 886 g/mol. The first-order valence-corrected chi connectivity index (χ1v) is 22.6. The minimum Gasteiger partial charge on any atom is -0.375 e. The lowest BCUT2D eigenvalue weighted by atomic mass is 9.94. The van der Waals surface area contributed by atoms with Gasteiger partial charge in [-0.25, -0.2) is 4.79 Å². The highest BCUT2D eigenvalue weighted by atomic mass is 16.5. The van der Waals surface area contributed by atoms with E-state index in [1.54, 1.807) is 26.0 Å². The van der Waals surface area contributed by atoms with Crippen molar-refractivity contribution in [1.82, 2.24) is 35.6 Å². The number of hydrogen-bond donors (Lipinski definition) is 4. The van der Waals surface area contributed by atoms with Crippen LogP contribution in [0.1, 0.15) is 69.6 Å². The Balaban J connectivity index is 1.38. The fourth-order valence-corrected chi connectivity index (χ4v) is 9.36. The number of anilines is 1. The van der Waals surface area contributed by atoms with E-state index < -0.39 is 83.5 Å². The zero-order valence-corrected chi connectivity index (χ0v) is 38.3. The van der Waals surface area contributed by atoms with Crippen LogP contribution < -0.4 is 21.3 Å². The van der Waals surface area contributed by atoms with Gasteiger partial charge in [-0.05, 0) is 91.1 Å². The number of nitrogens with one attached hydrogen (secondary N) is 4. The fourth-order valence-electron chi connectivity index (χ4n) is 9.36. The quantitative estimate of drug-likeness (QED) is 0.243. The number of hydrogen-bond acceptors (Lipinski definition) is 10. The van der Waals surface area contributed by atoms with Crippen molar-refractivity contribution < 1.29 is 43.0 Å². The van der Waals surface area contributed by atoms with Crippen molar-refractivity contribution in [2.24, 2.45) is 5.92 Å². The number of aldehydes is 1. The van der Waals surface area contributed by atoms with Crippen molar-refractivity contribution in [2.45, 2.75) is 121 Å². The zero-order chi connectivity index (χ0) is 46.3. The molecule has 4 saturated heterocycles. The molecule has 0 bridgehead atoms. The SMILES string of the molecule is Cc1ccc(NC(=O)N[C@@H](Cc2cccc(C)c2)C(=O)N[C@@H]2C(=O)N3C[C@H](OCCN(C)C)C[C@H]3C(=O)N3CCCC[C@H]3C(=O)N[C@@H](C)C(=O)N3C[C@H](C)CC3(C=O)CO[C@H]2C)cc1. The van der Waals surface area contributed by atoms with Gasteiger partial charge in [-0.3, -0.25) is 24.0 Å². The van der Waals surface area contributed by atoms with Crippen LogP contribution in [-0.2, 0) is 44.7 Å². The van der Waals surface area contributed by atoms with E-state index in [1.165, 1.54) is 14.7 Å². The third kappa shape index (κ3) is 11.5. The van der Waals surface area contributed by atoms with Gasteiger partial charge in [0.05, 0.1) is 25.4 Å². The van der Waals surface area contributed by atoms with Crippen LogP contribution in [0.2, 0.25) is 0 Å². The van der Waals surface area contributed by atoms with Crippen LogP contribution in [0.15, 0.2) is 48.5 Å². The normalized spacial score (nSPS) is 28.5. The van der Waals surface area contributed by atoms with Crippen LogP contribution in [0.3, 0.4) is 0 Å². The third-order valence-electron chi connectivity index (χ3n) is 12.8. The summed E-state index contributed by atoms with van der Waals surface area (Å²) in [4.78, 5) is 106. The molecule has 7 amide bonds. The summed E-state index contributed by atoms with van der Waals surface area (Å²) in [6.45, 7) is 10.1. The summed E-state index contributed by atoms with van der Waals surface area (Å²) in [5, 5.41) is 11.3. The van der Waals surface area contributed by atoms with Crippen LogP contribution in [0, 0.1) is 19.8 Å². The first-order valence-electron chi connectivity index (χ1n) is 22.6. The summed E-state index contributed by atoms with van der Waals surface area (Å²) in [5.74, 6) is -2.83. The maximum absolute atomic E-state index is 15.3. The number of fused-ring (bicyclic) bond motifs is 3. The second-order valence-corrected chi connectivity index (χ2v) is 18.5. The summed E-state index contributed by atoms with van der Waals surface area (Å²) < 4.78 is 12.7. The predicted octanol–water partition coefficient (Wildman–Crippen LogP) is 2.18. The van der Waals surface area contributed by atoms with E-state index in [9.17, 15) is 28.8 Å².